The van der Waals surface area contributed by atoms with Crippen LogP contribution in [-0.2, 0) is 0 Å². The summed E-state index contributed by atoms with van der Waals surface area (Å²) in [6.07, 6.45) is 0. The summed E-state index contributed by atoms with van der Waals surface area (Å²) in [7, 11) is 0. The van der Waals surface area contributed by atoms with Gasteiger partial charge in [0.2, 0.25) is 0 Å². The number of Topliss-reactive ketones (excluding diaryl/α,β-unsaturated/α-hetero) is 1. The maximum Gasteiger partial charge on any atom is 0.274 e. The number of aromatic nitrogens is 2. The summed E-state index contributed by atoms with van der Waals surface area (Å²) in [5.41, 5.74) is 3.59. The highest BCUT2D eigenvalue weighted by Crippen LogP contribution is 2.20. The predicted molar refractivity (Wildman–Crippen MR) is 115 cm³/mol. The summed E-state index contributed by atoms with van der Waals surface area (Å²) < 4.78 is 0. The van der Waals surface area contributed by atoms with Gasteiger partial charge in [-0.05, 0) is 61.7 Å². The van der Waals surface area contributed by atoms with Gasteiger partial charge in [-0.1, -0.05) is 26.0 Å². The Kier molecular flexibility index (Phi) is 6.02. The van der Waals surface area contributed by atoms with Gasteiger partial charge in [0, 0.05) is 23.0 Å². The number of carbonyl (C=O) groups is 2. The number of benzene rings is 2. The van der Waals surface area contributed by atoms with Crippen molar-refractivity contribution >= 4 is 28.9 Å². The van der Waals surface area contributed by atoms with Crippen molar-refractivity contribution in [3.05, 3.63) is 77.2 Å². The van der Waals surface area contributed by atoms with Gasteiger partial charge < -0.3 is 10.6 Å². The third-order valence-electron chi connectivity index (χ3n) is 4.47. The summed E-state index contributed by atoms with van der Waals surface area (Å²) in [5.74, 6) is 1.14. The quantitative estimate of drug-likeness (QED) is 0.574. The summed E-state index contributed by atoms with van der Waals surface area (Å²) in [6.45, 7) is 7.54. The standard InChI is InChI=1S/C23H24N4O2/c1-14(2)17-5-9-19(10-6-17)26-22-13-21(24-16(4)25-22)23(29)27-20-11-7-18(8-12-20)15(3)28/h5-14H,1-4H3,(H,27,29)(H,24,25,26). The Hall–Kier alpha value is -3.54. The van der Waals surface area contributed by atoms with Gasteiger partial charge >= 0.3 is 0 Å². The zero-order chi connectivity index (χ0) is 21.0. The van der Waals surface area contributed by atoms with Crippen LogP contribution in [0.5, 0.6) is 0 Å². The second-order valence-corrected chi connectivity index (χ2v) is 7.18. The number of hydrogen-bond acceptors (Lipinski definition) is 5. The van der Waals surface area contributed by atoms with E-state index in [2.05, 4.69) is 46.6 Å². The van der Waals surface area contributed by atoms with Crippen LogP contribution in [0.1, 0.15) is 58.9 Å². The smallest absolute Gasteiger partial charge is 0.274 e. The first-order chi connectivity index (χ1) is 13.8. The van der Waals surface area contributed by atoms with Crippen molar-refractivity contribution in [2.45, 2.75) is 33.6 Å². The molecule has 1 amide bonds. The Morgan fingerprint density at radius 1 is 0.897 bits per heavy atom. The minimum Gasteiger partial charge on any atom is -0.340 e. The number of ketones is 1. The van der Waals surface area contributed by atoms with Crippen molar-refractivity contribution in [2.24, 2.45) is 0 Å². The Morgan fingerprint density at radius 3 is 2.10 bits per heavy atom. The van der Waals surface area contributed by atoms with E-state index in [-0.39, 0.29) is 17.4 Å². The van der Waals surface area contributed by atoms with Gasteiger partial charge in [0.05, 0.1) is 0 Å². The molecule has 0 atom stereocenters. The number of carbonyl (C=O) groups excluding carboxylic acids is 2. The topological polar surface area (TPSA) is 84.0 Å². The minimum absolute atomic E-state index is 0.0218. The van der Waals surface area contributed by atoms with Crippen LogP contribution in [-0.4, -0.2) is 21.7 Å². The summed E-state index contributed by atoms with van der Waals surface area (Å²) >= 11 is 0. The average Bonchev–Trinajstić information content (AvgIpc) is 2.68. The van der Waals surface area contributed by atoms with Crippen molar-refractivity contribution in [2.75, 3.05) is 10.6 Å². The Bertz CT molecular complexity index is 1030. The summed E-state index contributed by atoms with van der Waals surface area (Å²) in [4.78, 5) is 32.6. The molecule has 0 aliphatic rings. The predicted octanol–water partition coefficient (Wildman–Crippen LogP) is 5.11. The second kappa shape index (κ2) is 8.65. The third-order valence-corrected chi connectivity index (χ3v) is 4.47. The molecule has 0 saturated heterocycles. The largest absolute Gasteiger partial charge is 0.340 e. The first-order valence-electron chi connectivity index (χ1n) is 9.47. The van der Waals surface area contributed by atoms with Crippen LogP contribution in [0.4, 0.5) is 17.2 Å². The number of anilines is 3. The molecule has 2 N–H and O–H groups in total. The van der Waals surface area contributed by atoms with Gasteiger partial charge in [-0.3, -0.25) is 9.59 Å². The fourth-order valence-corrected chi connectivity index (χ4v) is 2.83. The van der Waals surface area contributed by atoms with E-state index in [9.17, 15) is 9.59 Å². The lowest BCUT2D eigenvalue weighted by Crippen LogP contribution is -2.15. The fraction of sp³-hybridized carbons (Fsp3) is 0.217. The summed E-state index contributed by atoms with van der Waals surface area (Å²) in [5, 5.41) is 6.02. The molecule has 3 aromatic rings. The van der Waals surface area contributed by atoms with E-state index >= 15 is 0 Å². The molecule has 2 aromatic carbocycles. The highest BCUT2D eigenvalue weighted by Gasteiger charge is 2.12. The fourth-order valence-electron chi connectivity index (χ4n) is 2.83. The molecule has 3 rings (SSSR count). The molecule has 0 bridgehead atoms. The number of nitrogens with zero attached hydrogens (tertiary/aromatic N) is 2. The molecule has 0 aliphatic carbocycles. The molecule has 29 heavy (non-hydrogen) atoms. The molecule has 1 heterocycles. The molecule has 148 valence electrons. The Morgan fingerprint density at radius 2 is 1.52 bits per heavy atom. The Labute approximate surface area is 170 Å². The van der Waals surface area contributed by atoms with Crippen LogP contribution >= 0.6 is 0 Å². The highest BCUT2D eigenvalue weighted by atomic mass is 16.2. The first kappa shape index (κ1) is 20.2. The molecule has 1 aromatic heterocycles. The number of hydrogen-bond donors (Lipinski definition) is 2. The van der Waals surface area contributed by atoms with E-state index in [0.29, 0.717) is 28.8 Å². The minimum atomic E-state index is -0.343. The number of aryl methyl sites for hydroxylation is 1. The van der Waals surface area contributed by atoms with Crippen molar-refractivity contribution < 1.29 is 9.59 Å². The third kappa shape index (κ3) is 5.25. The maximum atomic E-state index is 12.6. The van der Waals surface area contributed by atoms with E-state index in [1.54, 1.807) is 37.3 Å². The van der Waals surface area contributed by atoms with Crippen LogP contribution in [0.2, 0.25) is 0 Å². The molecule has 0 radical (unpaired) electrons. The van der Waals surface area contributed by atoms with Crippen LogP contribution in [0.25, 0.3) is 0 Å². The van der Waals surface area contributed by atoms with Gasteiger partial charge in [-0.2, -0.15) is 0 Å². The zero-order valence-electron chi connectivity index (χ0n) is 17.0. The monoisotopic (exact) mass is 388 g/mol. The molecule has 6 heteroatoms. The molecular formula is C23H24N4O2. The van der Waals surface area contributed by atoms with Crippen molar-refractivity contribution in [3.8, 4) is 0 Å². The molecular weight excluding hydrogens is 364 g/mol. The molecule has 0 fully saturated rings. The number of amides is 1. The lowest BCUT2D eigenvalue weighted by atomic mass is 10.0. The van der Waals surface area contributed by atoms with Crippen LogP contribution in [0.3, 0.4) is 0 Å². The van der Waals surface area contributed by atoms with Gasteiger partial charge in [0.15, 0.2) is 5.78 Å². The van der Waals surface area contributed by atoms with E-state index in [1.807, 2.05) is 12.1 Å². The zero-order valence-corrected chi connectivity index (χ0v) is 17.0. The summed E-state index contributed by atoms with van der Waals surface area (Å²) in [6, 6.07) is 16.5. The first-order valence-corrected chi connectivity index (χ1v) is 9.47. The Balaban J connectivity index is 1.75. The SMILES string of the molecule is CC(=O)c1ccc(NC(=O)c2cc(Nc3ccc(C(C)C)cc3)nc(C)n2)cc1. The van der Waals surface area contributed by atoms with E-state index in [1.165, 1.54) is 12.5 Å². The average molecular weight is 388 g/mol. The number of nitrogens with one attached hydrogen (secondary N) is 2. The molecule has 0 spiro atoms. The second-order valence-electron chi connectivity index (χ2n) is 7.18. The van der Waals surface area contributed by atoms with Gasteiger partial charge in [-0.15, -0.1) is 0 Å². The van der Waals surface area contributed by atoms with E-state index in [4.69, 9.17) is 0 Å². The lowest BCUT2D eigenvalue weighted by Gasteiger charge is -2.11. The van der Waals surface area contributed by atoms with E-state index < -0.39 is 0 Å². The van der Waals surface area contributed by atoms with Gasteiger partial charge in [0.25, 0.3) is 5.91 Å². The van der Waals surface area contributed by atoms with Crippen molar-refractivity contribution in [3.63, 3.8) is 0 Å². The maximum absolute atomic E-state index is 12.6. The van der Waals surface area contributed by atoms with Crippen molar-refractivity contribution in [1.82, 2.24) is 9.97 Å². The molecule has 6 nitrogen and oxygen atoms in total. The van der Waals surface area contributed by atoms with Crippen LogP contribution < -0.4 is 10.6 Å². The van der Waals surface area contributed by atoms with E-state index in [0.717, 1.165) is 5.69 Å². The molecule has 0 saturated carbocycles. The van der Waals surface area contributed by atoms with Gasteiger partial charge in [0.1, 0.15) is 17.3 Å². The lowest BCUT2D eigenvalue weighted by molar-refractivity contribution is 0.101. The van der Waals surface area contributed by atoms with Gasteiger partial charge in [-0.25, -0.2) is 9.97 Å². The number of rotatable bonds is 6. The molecule has 0 aliphatic heterocycles. The highest BCUT2D eigenvalue weighted by molar-refractivity contribution is 6.03. The van der Waals surface area contributed by atoms with Crippen LogP contribution in [0, 0.1) is 6.92 Å². The van der Waals surface area contributed by atoms with Crippen molar-refractivity contribution in [1.29, 1.82) is 0 Å². The van der Waals surface area contributed by atoms with Crippen LogP contribution in [0.15, 0.2) is 54.6 Å². The normalized spacial score (nSPS) is 10.7. The molecule has 0 unspecified atom stereocenters.